The fourth-order valence-electron chi connectivity index (χ4n) is 2.67. The van der Waals surface area contributed by atoms with Crippen LogP contribution in [0.1, 0.15) is 26.3 Å². The molecule has 8 nitrogen and oxygen atoms in total. The first-order valence-electron chi connectivity index (χ1n) is 8.30. The van der Waals surface area contributed by atoms with Crippen molar-refractivity contribution in [2.45, 2.75) is 32.9 Å². The summed E-state index contributed by atoms with van der Waals surface area (Å²) >= 11 is 0. The molecule has 0 spiro atoms. The van der Waals surface area contributed by atoms with Gasteiger partial charge in [-0.25, -0.2) is 4.79 Å². The largest absolute Gasteiger partial charge is 0.481 e. The molecule has 26 heavy (non-hydrogen) atoms. The second-order valence-corrected chi connectivity index (χ2v) is 6.90. The minimum absolute atomic E-state index is 0.00684. The number of aliphatic carboxylic acids is 1. The molecule has 1 saturated heterocycles. The molecule has 1 aliphatic heterocycles. The van der Waals surface area contributed by atoms with E-state index in [-0.39, 0.29) is 19.6 Å². The third-order valence-electron chi connectivity index (χ3n) is 4.47. The molecule has 140 valence electrons. The van der Waals surface area contributed by atoms with Gasteiger partial charge in [-0.15, -0.1) is 0 Å². The molecule has 0 aromatic heterocycles. The molecular formula is C18H23N3O5. The number of carboxylic acid groups (broad SMARTS) is 1. The normalized spacial score (nSPS) is 17.0. The number of carboxylic acids is 1. The van der Waals surface area contributed by atoms with Crippen molar-refractivity contribution in [1.29, 1.82) is 0 Å². The highest BCUT2D eigenvalue weighted by molar-refractivity contribution is 6.07. The Bertz CT molecular complexity index is 717. The molecule has 4 amide bonds. The van der Waals surface area contributed by atoms with Crippen molar-refractivity contribution in [1.82, 2.24) is 15.1 Å². The van der Waals surface area contributed by atoms with E-state index in [0.29, 0.717) is 0 Å². The average Bonchev–Trinajstić information content (AvgIpc) is 2.77. The standard InChI is InChI=1S/C18H23N3O5/c1-12(15(23)24)9-20(10-13-7-5-4-6-8-13)14(22)11-21-17(26)19-16(25)18(21,2)3/h4-8,12H,9-11H2,1-3H3,(H,23,24)(H,19,25,26)/t12-/m0/s1. The van der Waals surface area contributed by atoms with Gasteiger partial charge in [0.2, 0.25) is 5.91 Å². The molecule has 0 saturated carbocycles. The Morgan fingerprint density at radius 1 is 1.23 bits per heavy atom. The highest BCUT2D eigenvalue weighted by Crippen LogP contribution is 2.21. The fraction of sp³-hybridized carbons (Fsp3) is 0.444. The van der Waals surface area contributed by atoms with E-state index >= 15 is 0 Å². The van der Waals surface area contributed by atoms with Crippen molar-refractivity contribution in [2.75, 3.05) is 13.1 Å². The van der Waals surface area contributed by atoms with Crippen molar-refractivity contribution in [3.63, 3.8) is 0 Å². The zero-order chi connectivity index (χ0) is 19.5. The van der Waals surface area contributed by atoms with Crippen molar-refractivity contribution < 1.29 is 24.3 Å². The van der Waals surface area contributed by atoms with Crippen LogP contribution in [0, 0.1) is 5.92 Å². The molecule has 0 unspecified atom stereocenters. The van der Waals surface area contributed by atoms with Crippen LogP contribution in [0.5, 0.6) is 0 Å². The van der Waals surface area contributed by atoms with Gasteiger partial charge in [-0.1, -0.05) is 37.3 Å². The van der Waals surface area contributed by atoms with E-state index in [1.165, 1.54) is 16.7 Å². The Hall–Kier alpha value is -2.90. The van der Waals surface area contributed by atoms with E-state index in [2.05, 4.69) is 5.32 Å². The molecular weight excluding hydrogens is 338 g/mol. The Kier molecular flexibility index (Phi) is 5.64. The second-order valence-electron chi connectivity index (χ2n) is 6.90. The fourth-order valence-corrected chi connectivity index (χ4v) is 2.67. The minimum Gasteiger partial charge on any atom is -0.481 e. The number of carbonyl (C=O) groups excluding carboxylic acids is 3. The quantitative estimate of drug-likeness (QED) is 0.707. The van der Waals surface area contributed by atoms with Gasteiger partial charge in [0.05, 0.1) is 5.92 Å². The van der Waals surface area contributed by atoms with Crippen molar-refractivity contribution in [3.8, 4) is 0 Å². The van der Waals surface area contributed by atoms with Crippen LogP contribution < -0.4 is 5.32 Å². The lowest BCUT2D eigenvalue weighted by molar-refractivity contribution is -0.143. The topological polar surface area (TPSA) is 107 Å². The van der Waals surface area contributed by atoms with Gasteiger partial charge in [0.15, 0.2) is 0 Å². The van der Waals surface area contributed by atoms with Gasteiger partial charge in [-0.2, -0.15) is 0 Å². The van der Waals surface area contributed by atoms with E-state index in [1.807, 2.05) is 30.3 Å². The lowest BCUT2D eigenvalue weighted by Crippen LogP contribution is -2.50. The van der Waals surface area contributed by atoms with Gasteiger partial charge in [0.1, 0.15) is 12.1 Å². The molecule has 1 aromatic rings. The zero-order valence-electron chi connectivity index (χ0n) is 15.1. The number of nitrogens with zero attached hydrogens (tertiary/aromatic N) is 2. The summed E-state index contributed by atoms with van der Waals surface area (Å²) in [5.74, 6) is -2.65. The molecule has 2 rings (SSSR count). The summed E-state index contributed by atoms with van der Waals surface area (Å²) in [6.07, 6.45) is 0. The predicted molar refractivity (Wildman–Crippen MR) is 93.0 cm³/mol. The first kappa shape index (κ1) is 19.4. The van der Waals surface area contributed by atoms with Crippen molar-refractivity contribution in [3.05, 3.63) is 35.9 Å². The number of imide groups is 1. The number of amides is 4. The van der Waals surface area contributed by atoms with Gasteiger partial charge in [-0.05, 0) is 19.4 Å². The monoisotopic (exact) mass is 361 g/mol. The van der Waals surface area contributed by atoms with Crippen LogP contribution in [0.4, 0.5) is 4.79 Å². The number of carbonyl (C=O) groups is 4. The molecule has 1 atom stereocenters. The lowest BCUT2D eigenvalue weighted by atomic mass is 10.0. The second kappa shape index (κ2) is 7.55. The van der Waals surface area contributed by atoms with Crippen LogP contribution in [-0.2, 0) is 20.9 Å². The number of benzene rings is 1. The smallest absolute Gasteiger partial charge is 0.325 e. The third kappa shape index (κ3) is 4.19. The van der Waals surface area contributed by atoms with Gasteiger partial charge >= 0.3 is 12.0 Å². The van der Waals surface area contributed by atoms with Crippen LogP contribution in [0.2, 0.25) is 0 Å². The number of hydrogen-bond acceptors (Lipinski definition) is 4. The summed E-state index contributed by atoms with van der Waals surface area (Å²) in [6.45, 7) is 4.56. The van der Waals surface area contributed by atoms with E-state index in [4.69, 9.17) is 5.11 Å². The molecule has 0 aliphatic carbocycles. The molecule has 8 heteroatoms. The van der Waals surface area contributed by atoms with Crippen LogP contribution >= 0.6 is 0 Å². The number of rotatable bonds is 7. The minimum atomic E-state index is -1.14. The number of urea groups is 1. The molecule has 1 aromatic carbocycles. The molecule has 0 radical (unpaired) electrons. The number of hydrogen-bond donors (Lipinski definition) is 2. The number of nitrogens with one attached hydrogen (secondary N) is 1. The van der Waals surface area contributed by atoms with Gasteiger partial charge in [0, 0.05) is 13.1 Å². The first-order chi connectivity index (χ1) is 12.1. The Morgan fingerprint density at radius 2 is 1.85 bits per heavy atom. The third-order valence-corrected chi connectivity index (χ3v) is 4.47. The van der Waals surface area contributed by atoms with Gasteiger partial charge in [0.25, 0.3) is 5.91 Å². The van der Waals surface area contributed by atoms with Gasteiger partial charge in [-0.3, -0.25) is 19.7 Å². The van der Waals surface area contributed by atoms with E-state index in [9.17, 15) is 19.2 Å². The molecule has 1 fully saturated rings. The van der Waals surface area contributed by atoms with E-state index < -0.39 is 35.3 Å². The summed E-state index contributed by atoms with van der Waals surface area (Å²) in [7, 11) is 0. The van der Waals surface area contributed by atoms with E-state index in [1.54, 1.807) is 13.8 Å². The highest BCUT2D eigenvalue weighted by Gasteiger charge is 2.46. The maximum atomic E-state index is 12.8. The first-order valence-corrected chi connectivity index (χ1v) is 8.30. The van der Waals surface area contributed by atoms with Crippen molar-refractivity contribution >= 4 is 23.8 Å². The average molecular weight is 361 g/mol. The Balaban J connectivity index is 2.18. The van der Waals surface area contributed by atoms with Crippen LogP contribution in [-0.4, -0.2) is 57.3 Å². The predicted octanol–water partition coefficient (Wildman–Crippen LogP) is 1.07. The lowest BCUT2D eigenvalue weighted by Gasteiger charge is -2.31. The van der Waals surface area contributed by atoms with Crippen LogP contribution in [0.3, 0.4) is 0 Å². The Morgan fingerprint density at radius 3 is 2.35 bits per heavy atom. The van der Waals surface area contributed by atoms with Crippen LogP contribution in [0.15, 0.2) is 30.3 Å². The van der Waals surface area contributed by atoms with E-state index in [0.717, 1.165) is 5.56 Å². The zero-order valence-corrected chi connectivity index (χ0v) is 15.1. The van der Waals surface area contributed by atoms with Crippen molar-refractivity contribution in [2.24, 2.45) is 5.92 Å². The maximum absolute atomic E-state index is 12.8. The summed E-state index contributed by atoms with van der Waals surface area (Å²) in [6, 6.07) is 8.55. The molecule has 1 aliphatic rings. The Labute approximate surface area is 151 Å². The molecule has 0 bridgehead atoms. The SMILES string of the molecule is C[C@@H](CN(Cc1ccccc1)C(=O)CN1C(=O)NC(=O)C1(C)C)C(=O)O. The molecule has 1 heterocycles. The summed E-state index contributed by atoms with van der Waals surface area (Å²) < 4.78 is 0. The van der Waals surface area contributed by atoms with Crippen LogP contribution in [0.25, 0.3) is 0 Å². The molecule has 2 N–H and O–H groups in total. The summed E-state index contributed by atoms with van der Waals surface area (Å²) in [5, 5.41) is 11.4. The summed E-state index contributed by atoms with van der Waals surface area (Å²) in [4.78, 5) is 50.4. The summed E-state index contributed by atoms with van der Waals surface area (Å²) in [5.41, 5.74) is -0.288. The highest BCUT2D eigenvalue weighted by atomic mass is 16.4. The van der Waals surface area contributed by atoms with Gasteiger partial charge < -0.3 is 14.9 Å². The maximum Gasteiger partial charge on any atom is 0.325 e.